The summed E-state index contributed by atoms with van der Waals surface area (Å²) in [6.07, 6.45) is 1.51. The highest BCUT2D eigenvalue weighted by atomic mass is 32.2. The molecule has 1 aromatic heterocycles. The van der Waals surface area contributed by atoms with Crippen molar-refractivity contribution in [1.29, 1.82) is 0 Å². The lowest BCUT2D eigenvalue weighted by Gasteiger charge is -2.18. The molecule has 86 valence electrons. The molecule has 0 radical (unpaired) electrons. The van der Waals surface area contributed by atoms with Crippen molar-refractivity contribution in [2.24, 2.45) is 0 Å². The van der Waals surface area contributed by atoms with Gasteiger partial charge in [0.25, 0.3) is 0 Å². The molecule has 0 saturated carbocycles. The summed E-state index contributed by atoms with van der Waals surface area (Å²) in [5.74, 6) is 0. The standard InChI is InChI=1S/C11H13NO3S/c1-11(2,3)16(13,14)9-4-5-10-8(6-9)7-12-15-10/h4-7H,1-3H3. The zero-order valence-corrected chi connectivity index (χ0v) is 10.2. The molecule has 0 aliphatic carbocycles. The average Bonchev–Trinajstić information content (AvgIpc) is 2.61. The van der Waals surface area contributed by atoms with Gasteiger partial charge >= 0.3 is 0 Å². The number of rotatable bonds is 1. The topological polar surface area (TPSA) is 60.2 Å². The maximum absolute atomic E-state index is 12.2. The number of benzene rings is 1. The fraction of sp³-hybridized carbons (Fsp3) is 0.364. The largest absolute Gasteiger partial charge is 0.356 e. The van der Waals surface area contributed by atoms with Crippen LogP contribution in [0.1, 0.15) is 20.8 Å². The van der Waals surface area contributed by atoms with Gasteiger partial charge in [0.15, 0.2) is 15.4 Å². The van der Waals surface area contributed by atoms with Gasteiger partial charge in [0.2, 0.25) is 0 Å². The summed E-state index contributed by atoms with van der Waals surface area (Å²) in [6.45, 7) is 5.04. The van der Waals surface area contributed by atoms with Crippen LogP contribution in [0, 0.1) is 0 Å². The van der Waals surface area contributed by atoms with Crippen LogP contribution < -0.4 is 0 Å². The van der Waals surface area contributed by atoms with Crippen LogP contribution in [0.4, 0.5) is 0 Å². The van der Waals surface area contributed by atoms with Gasteiger partial charge in [-0.3, -0.25) is 0 Å². The minimum Gasteiger partial charge on any atom is -0.356 e. The molecule has 2 aromatic rings. The van der Waals surface area contributed by atoms with Gasteiger partial charge in [0.1, 0.15) is 0 Å². The van der Waals surface area contributed by atoms with E-state index in [1.54, 1.807) is 39.0 Å². The smallest absolute Gasteiger partial charge is 0.183 e. The van der Waals surface area contributed by atoms with Gasteiger partial charge in [-0.05, 0) is 39.0 Å². The van der Waals surface area contributed by atoms with E-state index in [-0.39, 0.29) is 0 Å². The van der Waals surface area contributed by atoms with Crippen LogP contribution in [-0.4, -0.2) is 18.3 Å². The Bertz CT molecular complexity index is 620. The number of hydrogen-bond acceptors (Lipinski definition) is 4. The number of sulfone groups is 1. The van der Waals surface area contributed by atoms with Gasteiger partial charge in [0, 0.05) is 5.39 Å². The van der Waals surface area contributed by atoms with Crippen LogP contribution in [0.25, 0.3) is 11.0 Å². The fourth-order valence-corrected chi connectivity index (χ4v) is 2.61. The fourth-order valence-electron chi connectivity index (χ4n) is 1.37. The normalized spacial score (nSPS) is 13.2. The van der Waals surface area contributed by atoms with Gasteiger partial charge < -0.3 is 4.52 Å². The van der Waals surface area contributed by atoms with Crippen molar-refractivity contribution in [3.63, 3.8) is 0 Å². The molecule has 0 unspecified atom stereocenters. The van der Waals surface area contributed by atoms with Crippen LogP contribution >= 0.6 is 0 Å². The Morgan fingerprint density at radius 2 is 1.94 bits per heavy atom. The third kappa shape index (κ3) is 1.61. The number of aromatic nitrogens is 1. The Hall–Kier alpha value is -1.36. The molecular formula is C11H13NO3S. The minimum absolute atomic E-state index is 0.302. The average molecular weight is 239 g/mol. The second kappa shape index (κ2) is 3.31. The van der Waals surface area contributed by atoms with Crippen molar-refractivity contribution in [3.8, 4) is 0 Å². The van der Waals surface area contributed by atoms with Gasteiger partial charge in [0.05, 0.1) is 15.8 Å². The molecule has 4 nitrogen and oxygen atoms in total. The second-order valence-corrected chi connectivity index (χ2v) is 7.34. The van der Waals surface area contributed by atoms with Crippen LogP contribution in [-0.2, 0) is 9.84 Å². The van der Waals surface area contributed by atoms with Crippen molar-refractivity contribution in [2.45, 2.75) is 30.4 Å². The molecule has 5 heteroatoms. The first kappa shape index (κ1) is 11.1. The molecule has 0 fully saturated rings. The van der Waals surface area contributed by atoms with Crippen molar-refractivity contribution < 1.29 is 12.9 Å². The minimum atomic E-state index is -3.32. The first-order valence-corrected chi connectivity index (χ1v) is 6.40. The highest BCUT2D eigenvalue weighted by Gasteiger charge is 2.30. The van der Waals surface area contributed by atoms with E-state index in [4.69, 9.17) is 4.52 Å². The van der Waals surface area contributed by atoms with Crippen molar-refractivity contribution in [1.82, 2.24) is 5.16 Å². The highest BCUT2D eigenvalue weighted by molar-refractivity contribution is 7.92. The lowest BCUT2D eigenvalue weighted by atomic mass is 10.2. The van der Waals surface area contributed by atoms with E-state index in [1.165, 1.54) is 6.20 Å². The Morgan fingerprint density at radius 1 is 1.25 bits per heavy atom. The predicted octanol–water partition coefficient (Wildman–Crippen LogP) is 2.40. The van der Waals surface area contributed by atoms with Crippen LogP contribution in [0.3, 0.4) is 0 Å². The molecule has 0 atom stereocenters. The Morgan fingerprint density at radius 3 is 2.56 bits per heavy atom. The molecule has 1 aromatic carbocycles. The van der Waals surface area contributed by atoms with Crippen LogP contribution in [0.2, 0.25) is 0 Å². The van der Waals surface area contributed by atoms with Crippen molar-refractivity contribution >= 4 is 20.8 Å². The Labute approximate surface area is 94.2 Å². The van der Waals surface area contributed by atoms with E-state index in [9.17, 15) is 8.42 Å². The Balaban J connectivity index is 2.64. The lowest BCUT2D eigenvalue weighted by molar-refractivity contribution is 0.456. The van der Waals surface area contributed by atoms with Gasteiger partial charge in [-0.1, -0.05) is 5.16 Å². The molecule has 0 aliphatic rings. The van der Waals surface area contributed by atoms with Crippen molar-refractivity contribution in [2.75, 3.05) is 0 Å². The summed E-state index contributed by atoms with van der Waals surface area (Å²) in [4.78, 5) is 0.302. The van der Waals surface area contributed by atoms with Crippen molar-refractivity contribution in [3.05, 3.63) is 24.4 Å². The zero-order valence-electron chi connectivity index (χ0n) is 9.39. The third-order valence-corrected chi connectivity index (χ3v) is 4.93. The molecular weight excluding hydrogens is 226 g/mol. The first-order chi connectivity index (χ1) is 7.32. The summed E-state index contributed by atoms with van der Waals surface area (Å²) < 4.78 is 28.5. The third-order valence-electron chi connectivity index (χ3n) is 2.44. The second-order valence-electron chi connectivity index (χ2n) is 4.64. The van der Waals surface area contributed by atoms with Gasteiger partial charge in [-0.25, -0.2) is 8.42 Å². The molecule has 1 heterocycles. The number of fused-ring (bicyclic) bond motifs is 1. The molecule has 2 rings (SSSR count). The van der Waals surface area contributed by atoms with Gasteiger partial charge in [-0.2, -0.15) is 0 Å². The van der Waals surface area contributed by atoms with E-state index < -0.39 is 14.6 Å². The summed E-state index contributed by atoms with van der Waals surface area (Å²) in [5, 5.41) is 4.32. The summed E-state index contributed by atoms with van der Waals surface area (Å²) in [6, 6.07) is 4.77. The maximum Gasteiger partial charge on any atom is 0.183 e. The molecule has 0 aliphatic heterocycles. The molecule has 0 spiro atoms. The van der Waals surface area contributed by atoms with E-state index in [2.05, 4.69) is 5.16 Å². The van der Waals surface area contributed by atoms with E-state index in [0.717, 1.165) is 0 Å². The monoisotopic (exact) mass is 239 g/mol. The van der Waals surface area contributed by atoms with Crippen LogP contribution in [0.15, 0.2) is 33.8 Å². The molecule has 0 N–H and O–H groups in total. The van der Waals surface area contributed by atoms with E-state index >= 15 is 0 Å². The van der Waals surface area contributed by atoms with E-state index in [1.807, 2.05) is 0 Å². The zero-order chi connectivity index (χ0) is 12.0. The molecule has 0 amide bonds. The highest BCUT2D eigenvalue weighted by Crippen LogP contribution is 2.27. The number of hydrogen-bond donors (Lipinski definition) is 0. The molecule has 16 heavy (non-hydrogen) atoms. The molecule has 0 bridgehead atoms. The van der Waals surface area contributed by atoms with Crippen LogP contribution in [0.5, 0.6) is 0 Å². The summed E-state index contributed by atoms with van der Waals surface area (Å²) in [5.41, 5.74) is 0.591. The number of nitrogens with zero attached hydrogens (tertiary/aromatic N) is 1. The lowest BCUT2D eigenvalue weighted by Crippen LogP contribution is -2.27. The predicted molar refractivity (Wildman–Crippen MR) is 60.9 cm³/mol. The molecule has 0 saturated heterocycles. The first-order valence-electron chi connectivity index (χ1n) is 4.91. The Kier molecular flexibility index (Phi) is 2.31. The SMILES string of the molecule is CC(C)(C)S(=O)(=O)c1ccc2oncc2c1. The van der Waals surface area contributed by atoms with E-state index in [0.29, 0.717) is 15.9 Å². The summed E-state index contributed by atoms with van der Waals surface area (Å²) in [7, 11) is -3.32. The quantitative estimate of drug-likeness (QED) is 0.766. The summed E-state index contributed by atoms with van der Waals surface area (Å²) >= 11 is 0. The maximum atomic E-state index is 12.2. The van der Waals surface area contributed by atoms with Gasteiger partial charge in [-0.15, -0.1) is 0 Å².